The van der Waals surface area contributed by atoms with Crippen LogP contribution in [0.15, 0.2) is 29.1 Å². The van der Waals surface area contributed by atoms with Crippen LogP contribution in [0.2, 0.25) is 0 Å². The molecule has 0 amide bonds. The minimum absolute atomic E-state index is 0.0298. The number of piperazine rings is 1. The lowest BCUT2D eigenvalue weighted by Crippen LogP contribution is -2.45. The van der Waals surface area contributed by atoms with E-state index in [0.717, 1.165) is 81.6 Å². The third kappa shape index (κ3) is 4.20. The first-order valence-electron chi connectivity index (χ1n) is 10.0. The number of hydrogen-bond donors (Lipinski definition) is 1. The van der Waals surface area contributed by atoms with Crippen molar-refractivity contribution in [2.75, 3.05) is 58.3 Å². The molecule has 1 saturated heterocycles. The van der Waals surface area contributed by atoms with Crippen LogP contribution in [0.25, 0.3) is 0 Å². The van der Waals surface area contributed by atoms with Gasteiger partial charge < -0.3 is 14.5 Å². The van der Waals surface area contributed by atoms with E-state index in [1.165, 1.54) is 5.56 Å². The number of hydrogen-bond acceptors (Lipinski definition) is 6. The molecule has 0 unspecified atom stereocenters. The Morgan fingerprint density at radius 3 is 2.68 bits per heavy atom. The summed E-state index contributed by atoms with van der Waals surface area (Å²) < 4.78 is 5.33. The van der Waals surface area contributed by atoms with Gasteiger partial charge in [0.2, 0.25) is 5.95 Å². The first-order chi connectivity index (χ1) is 13.6. The van der Waals surface area contributed by atoms with Crippen molar-refractivity contribution < 1.29 is 4.74 Å². The van der Waals surface area contributed by atoms with Crippen molar-refractivity contribution in [3.63, 3.8) is 0 Å². The molecule has 0 bridgehead atoms. The summed E-state index contributed by atoms with van der Waals surface area (Å²) in [4.78, 5) is 27.5. The largest absolute Gasteiger partial charge is 0.497 e. The Labute approximate surface area is 165 Å². The van der Waals surface area contributed by atoms with Gasteiger partial charge in [0.15, 0.2) is 0 Å². The average Bonchev–Trinajstić information content (AvgIpc) is 2.91. The number of likely N-dealkylation sites (N-methyl/N-ethyl adjacent to an activating group) is 1. The zero-order valence-corrected chi connectivity index (χ0v) is 16.8. The molecule has 4 rings (SSSR count). The summed E-state index contributed by atoms with van der Waals surface area (Å²) in [5.74, 6) is 1.61. The quantitative estimate of drug-likeness (QED) is 0.854. The molecule has 2 aliphatic rings. The maximum absolute atomic E-state index is 12.7. The second-order valence-electron chi connectivity index (χ2n) is 7.73. The second-order valence-corrected chi connectivity index (χ2v) is 7.73. The smallest absolute Gasteiger partial charge is 0.255 e. The van der Waals surface area contributed by atoms with Crippen molar-refractivity contribution in [3.8, 4) is 5.75 Å². The van der Waals surface area contributed by atoms with Gasteiger partial charge in [-0.1, -0.05) is 12.1 Å². The normalized spacial score (nSPS) is 18.6. The molecular formula is C21H29N5O2. The van der Waals surface area contributed by atoms with Gasteiger partial charge in [-0.15, -0.1) is 0 Å². The lowest BCUT2D eigenvalue weighted by Gasteiger charge is -2.32. The summed E-state index contributed by atoms with van der Waals surface area (Å²) in [6, 6.07) is 8.19. The average molecular weight is 383 g/mol. The van der Waals surface area contributed by atoms with Crippen LogP contribution in [0, 0.1) is 0 Å². The van der Waals surface area contributed by atoms with Crippen LogP contribution >= 0.6 is 0 Å². The highest BCUT2D eigenvalue weighted by atomic mass is 16.5. The Kier molecular flexibility index (Phi) is 5.64. The fourth-order valence-corrected chi connectivity index (χ4v) is 4.00. The van der Waals surface area contributed by atoms with Crippen LogP contribution in [-0.4, -0.2) is 73.2 Å². The lowest BCUT2D eigenvalue weighted by molar-refractivity contribution is 0.278. The van der Waals surface area contributed by atoms with Gasteiger partial charge >= 0.3 is 0 Å². The minimum atomic E-state index is 0.0298. The molecule has 0 spiro atoms. The summed E-state index contributed by atoms with van der Waals surface area (Å²) in [6.45, 7) is 6.42. The first kappa shape index (κ1) is 19.0. The van der Waals surface area contributed by atoms with E-state index in [2.05, 4.69) is 38.9 Å². The molecule has 150 valence electrons. The first-order valence-corrected chi connectivity index (χ1v) is 10.0. The number of benzene rings is 1. The number of aromatic amines is 1. The molecule has 1 aromatic carbocycles. The van der Waals surface area contributed by atoms with Crippen molar-refractivity contribution in [1.29, 1.82) is 0 Å². The second kappa shape index (κ2) is 8.32. The molecule has 2 aromatic rings. The fourth-order valence-electron chi connectivity index (χ4n) is 4.00. The van der Waals surface area contributed by atoms with Crippen molar-refractivity contribution in [2.45, 2.75) is 19.4 Å². The van der Waals surface area contributed by atoms with Crippen LogP contribution in [0.3, 0.4) is 0 Å². The molecule has 7 nitrogen and oxygen atoms in total. The summed E-state index contributed by atoms with van der Waals surface area (Å²) in [5.41, 5.74) is 3.07. The molecule has 2 aliphatic heterocycles. The zero-order chi connectivity index (χ0) is 19.5. The highest BCUT2D eigenvalue weighted by Crippen LogP contribution is 2.18. The minimum Gasteiger partial charge on any atom is -0.497 e. The number of nitrogens with zero attached hydrogens (tertiary/aromatic N) is 4. The van der Waals surface area contributed by atoms with Gasteiger partial charge in [0.25, 0.3) is 5.56 Å². The van der Waals surface area contributed by atoms with Crippen molar-refractivity contribution in [1.82, 2.24) is 19.8 Å². The fraction of sp³-hybridized carbons (Fsp3) is 0.524. The number of nitrogens with one attached hydrogen (secondary N) is 1. The Bertz CT molecular complexity index is 873. The lowest BCUT2D eigenvalue weighted by atomic mass is 10.1. The number of H-pyrrole nitrogens is 1. The van der Waals surface area contributed by atoms with Gasteiger partial charge in [-0.25, -0.2) is 4.98 Å². The van der Waals surface area contributed by atoms with Gasteiger partial charge in [0.1, 0.15) is 5.75 Å². The van der Waals surface area contributed by atoms with E-state index in [1.807, 2.05) is 12.1 Å². The maximum atomic E-state index is 12.7. The van der Waals surface area contributed by atoms with Gasteiger partial charge in [-0.05, 0) is 31.2 Å². The highest BCUT2D eigenvalue weighted by molar-refractivity contribution is 5.35. The van der Waals surface area contributed by atoms with E-state index in [9.17, 15) is 4.79 Å². The topological polar surface area (TPSA) is 64.7 Å². The van der Waals surface area contributed by atoms with Crippen LogP contribution in [0.1, 0.15) is 16.8 Å². The molecule has 28 heavy (non-hydrogen) atoms. The molecular weight excluding hydrogens is 354 g/mol. The van der Waals surface area contributed by atoms with E-state index in [0.29, 0.717) is 0 Å². The number of aromatic nitrogens is 2. The Hall–Kier alpha value is -2.38. The maximum Gasteiger partial charge on any atom is 0.255 e. The van der Waals surface area contributed by atoms with Gasteiger partial charge in [-0.2, -0.15) is 0 Å². The molecule has 0 aliphatic carbocycles. The van der Waals surface area contributed by atoms with Gasteiger partial charge in [0, 0.05) is 57.8 Å². The monoisotopic (exact) mass is 383 g/mol. The SMILES string of the molecule is COc1cccc(CN2CCc3nc(N4CCN(C)CC4)[nH]c(=O)c3CC2)c1. The van der Waals surface area contributed by atoms with E-state index >= 15 is 0 Å². The van der Waals surface area contributed by atoms with E-state index in [-0.39, 0.29) is 5.56 Å². The Morgan fingerprint density at radius 2 is 1.89 bits per heavy atom. The van der Waals surface area contributed by atoms with Crippen molar-refractivity contribution >= 4 is 5.95 Å². The Morgan fingerprint density at radius 1 is 1.11 bits per heavy atom. The molecule has 0 atom stereocenters. The van der Waals surface area contributed by atoms with Gasteiger partial charge in [-0.3, -0.25) is 14.7 Å². The standard InChI is InChI=1S/C21H29N5O2/c1-24-10-12-26(13-11-24)21-22-19-7-9-25(8-6-18(19)20(27)23-21)15-16-4-3-5-17(14-16)28-2/h3-5,14H,6-13,15H2,1-2H3,(H,22,23,27). The third-order valence-corrected chi connectivity index (χ3v) is 5.77. The molecule has 1 aromatic heterocycles. The number of methoxy groups -OCH3 is 1. The van der Waals surface area contributed by atoms with E-state index < -0.39 is 0 Å². The molecule has 1 N–H and O–H groups in total. The molecule has 0 saturated carbocycles. The van der Waals surface area contributed by atoms with Crippen LogP contribution in [-0.2, 0) is 19.4 Å². The molecule has 3 heterocycles. The summed E-state index contributed by atoms with van der Waals surface area (Å²) in [7, 11) is 3.82. The van der Waals surface area contributed by atoms with E-state index in [4.69, 9.17) is 9.72 Å². The zero-order valence-electron chi connectivity index (χ0n) is 16.8. The summed E-state index contributed by atoms with van der Waals surface area (Å²) in [5, 5.41) is 0. The number of fused-ring (bicyclic) bond motifs is 1. The van der Waals surface area contributed by atoms with Crippen LogP contribution in [0.5, 0.6) is 5.75 Å². The van der Waals surface area contributed by atoms with Crippen molar-refractivity contribution in [2.24, 2.45) is 0 Å². The Balaban J connectivity index is 1.47. The van der Waals surface area contributed by atoms with E-state index in [1.54, 1.807) is 7.11 Å². The highest BCUT2D eigenvalue weighted by Gasteiger charge is 2.22. The van der Waals surface area contributed by atoms with Crippen LogP contribution < -0.4 is 15.2 Å². The summed E-state index contributed by atoms with van der Waals surface area (Å²) in [6.07, 6.45) is 1.55. The predicted molar refractivity (Wildman–Crippen MR) is 110 cm³/mol. The van der Waals surface area contributed by atoms with Crippen LogP contribution in [0.4, 0.5) is 5.95 Å². The number of rotatable bonds is 4. The molecule has 1 fully saturated rings. The predicted octanol–water partition coefficient (Wildman–Crippen LogP) is 1.13. The third-order valence-electron chi connectivity index (χ3n) is 5.77. The summed E-state index contributed by atoms with van der Waals surface area (Å²) >= 11 is 0. The number of ether oxygens (including phenoxy) is 1. The molecule has 0 radical (unpaired) electrons. The molecule has 7 heteroatoms. The number of anilines is 1. The van der Waals surface area contributed by atoms with Crippen molar-refractivity contribution in [3.05, 3.63) is 51.4 Å². The van der Waals surface area contributed by atoms with Gasteiger partial charge in [0.05, 0.1) is 12.8 Å².